The van der Waals surface area contributed by atoms with Crippen molar-refractivity contribution in [3.8, 4) is 0 Å². The molecule has 2 aromatic rings. The maximum Gasteiger partial charge on any atom is 0.276 e. The first kappa shape index (κ1) is 14.7. The second-order valence-electron chi connectivity index (χ2n) is 5.15. The lowest BCUT2D eigenvalue weighted by molar-refractivity contribution is 0.102. The van der Waals surface area contributed by atoms with Gasteiger partial charge in [0.1, 0.15) is 17.3 Å². The van der Waals surface area contributed by atoms with Crippen LogP contribution < -0.4 is 10.6 Å². The van der Waals surface area contributed by atoms with Gasteiger partial charge in [-0.2, -0.15) is 0 Å². The first-order chi connectivity index (χ1) is 10.5. The number of aromatic nitrogens is 2. The maximum absolute atomic E-state index is 14.1. The molecular weight excluding hydrogens is 307 g/mol. The van der Waals surface area contributed by atoms with E-state index < -0.39 is 11.7 Å². The van der Waals surface area contributed by atoms with Crippen molar-refractivity contribution < 1.29 is 9.18 Å². The summed E-state index contributed by atoms with van der Waals surface area (Å²) >= 11 is 5.94. The molecule has 1 aromatic heterocycles. The van der Waals surface area contributed by atoms with Crippen molar-refractivity contribution in [3.05, 3.63) is 46.8 Å². The van der Waals surface area contributed by atoms with E-state index in [0.29, 0.717) is 17.6 Å². The Balaban J connectivity index is 1.88. The van der Waals surface area contributed by atoms with Crippen LogP contribution in [0.3, 0.4) is 0 Å². The monoisotopic (exact) mass is 320 g/mol. The normalized spacial score (nSPS) is 13.8. The van der Waals surface area contributed by atoms with Crippen LogP contribution in [0.1, 0.15) is 29.2 Å². The number of hydrogen-bond acceptors (Lipinski definition) is 4. The molecular formula is C15H14ClFN4O. The van der Waals surface area contributed by atoms with Crippen molar-refractivity contribution in [2.45, 2.75) is 25.8 Å². The van der Waals surface area contributed by atoms with Gasteiger partial charge in [0.25, 0.3) is 5.91 Å². The van der Waals surface area contributed by atoms with E-state index >= 15 is 0 Å². The molecule has 1 heterocycles. The number of hydrogen-bond donors (Lipinski definition) is 2. The molecule has 0 spiro atoms. The predicted molar refractivity (Wildman–Crippen MR) is 82.8 cm³/mol. The van der Waals surface area contributed by atoms with Crippen LogP contribution in [0.15, 0.2) is 24.4 Å². The molecule has 2 N–H and O–H groups in total. The maximum atomic E-state index is 14.1. The number of halogens is 2. The Kier molecular flexibility index (Phi) is 3.94. The highest BCUT2D eigenvalue weighted by molar-refractivity contribution is 6.34. The molecule has 1 aliphatic carbocycles. The fraction of sp³-hybridized carbons (Fsp3) is 0.267. The van der Waals surface area contributed by atoms with Gasteiger partial charge in [0.05, 0.1) is 16.9 Å². The van der Waals surface area contributed by atoms with Crippen LogP contribution in [0.25, 0.3) is 0 Å². The molecule has 0 bridgehead atoms. The molecule has 0 saturated heterocycles. The van der Waals surface area contributed by atoms with Gasteiger partial charge in [-0.1, -0.05) is 17.7 Å². The number of nitrogens with one attached hydrogen (secondary N) is 2. The Morgan fingerprint density at radius 1 is 1.41 bits per heavy atom. The molecule has 7 heteroatoms. The molecule has 3 rings (SSSR count). The molecule has 0 atom stereocenters. The van der Waals surface area contributed by atoms with Gasteiger partial charge in [0.15, 0.2) is 5.69 Å². The van der Waals surface area contributed by atoms with Crippen molar-refractivity contribution in [1.82, 2.24) is 9.97 Å². The zero-order valence-corrected chi connectivity index (χ0v) is 12.6. The van der Waals surface area contributed by atoms with Gasteiger partial charge in [0, 0.05) is 6.04 Å². The van der Waals surface area contributed by atoms with E-state index in [-0.39, 0.29) is 16.4 Å². The quantitative estimate of drug-likeness (QED) is 0.906. The number of amides is 1. The Morgan fingerprint density at radius 3 is 2.91 bits per heavy atom. The van der Waals surface area contributed by atoms with Crippen LogP contribution in [0.5, 0.6) is 0 Å². The zero-order chi connectivity index (χ0) is 15.7. The van der Waals surface area contributed by atoms with Gasteiger partial charge in [-0.3, -0.25) is 4.79 Å². The minimum absolute atomic E-state index is 0.0230. The Bertz CT molecular complexity index is 733. The van der Waals surface area contributed by atoms with Crippen LogP contribution in [0, 0.1) is 12.7 Å². The summed E-state index contributed by atoms with van der Waals surface area (Å²) in [4.78, 5) is 20.2. The molecule has 1 fully saturated rings. The third-order valence-electron chi connectivity index (χ3n) is 3.27. The van der Waals surface area contributed by atoms with E-state index in [1.54, 1.807) is 19.1 Å². The van der Waals surface area contributed by atoms with Gasteiger partial charge in [0.2, 0.25) is 0 Å². The highest BCUT2D eigenvalue weighted by Crippen LogP contribution is 2.31. The predicted octanol–water partition coefficient (Wildman–Crippen LogP) is 3.40. The zero-order valence-electron chi connectivity index (χ0n) is 11.9. The first-order valence-electron chi connectivity index (χ1n) is 6.90. The fourth-order valence-corrected chi connectivity index (χ4v) is 2.18. The Labute approximate surface area is 131 Å². The third kappa shape index (κ3) is 3.17. The average molecular weight is 321 g/mol. The summed E-state index contributed by atoms with van der Waals surface area (Å²) in [5.74, 6) is -0.667. The van der Waals surface area contributed by atoms with Crippen LogP contribution in [0.2, 0.25) is 5.02 Å². The number of aryl methyl sites for hydroxylation is 1. The highest BCUT2D eigenvalue weighted by atomic mass is 35.5. The number of anilines is 2. The minimum Gasteiger partial charge on any atom is -0.381 e. The molecule has 0 aliphatic heterocycles. The van der Waals surface area contributed by atoms with Gasteiger partial charge in [-0.25, -0.2) is 14.4 Å². The summed E-state index contributed by atoms with van der Waals surface area (Å²) in [5, 5.41) is 5.85. The summed E-state index contributed by atoms with van der Waals surface area (Å²) in [6.07, 6.45) is 3.44. The fourth-order valence-electron chi connectivity index (χ4n) is 2.01. The lowest BCUT2D eigenvalue weighted by atomic mass is 10.2. The second-order valence-corrected chi connectivity index (χ2v) is 5.56. The van der Waals surface area contributed by atoms with Gasteiger partial charge >= 0.3 is 0 Å². The standard InChI is InChI=1S/C15H14ClFN4O/c1-8-18-7-10(16)13(19-8)15(22)21-14-11(17)3-2-4-12(14)20-9-5-6-9/h2-4,7,9,20H,5-6H2,1H3,(H,21,22). The molecule has 114 valence electrons. The van der Waals surface area contributed by atoms with Crippen LogP contribution >= 0.6 is 11.6 Å². The summed E-state index contributed by atoms with van der Waals surface area (Å²) in [6, 6.07) is 4.95. The van der Waals surface area contributed by atoms with Crippen LogP contribution in [-0.2, 0) is 0 Å². The third-order valence-corrected chi connectivity index (χ3v) is 3.55. The van der Waals surface area contributed by atoms with Crippen molar-refractivity contribution >= 4 is 28.9 Å². The molecule has 0 unspecified atom stereocenters. The molecule has 22 heavy (non-hydrogen) atoms. The van der Waals surface area contributed by atoms with E-state index in [2.05, 4.69) is 20.6 Å². The van der Waals surface area contributed by atoms with E-state index in [1.807, 2.05) is 0 Å². The van der Waals surface area contributed by atoms with Gasteiger partial charge < -0.3 is 10.6 Å². The van der Waals surface area contributed by atoms with Crippen LogP contribution in [-0.4, -0.2) is 21.9 Å². The Hall–Kier alpha value is -2.21. The van der Waals surface area contributed by atoms with E-state index in [9.17, 15) is 9.18 Å². The molecule has 1 saturated carbocycles. The number of rotatable bonds is 4. The van der Waals surface area contributed by atoms with Crippen molar-refractivity contribution in [3.63, 3.8) is 0 Å². The number of carbonyl (C=O) groups excluding carboxylic acids is 1. The average Bonchev–Trinajstić information content (AvgIpc) is 3.29. The smallest absolute Gasteiger partial charge is 0.276 e. The summed E-state index contributed by atoms with van der Waals surface area (Å²) in [6.45, 7) is 1.65. The number of nitrogens with zero attached hydrogens (tertiary/aromatic N) is 2. The van der Waals surface area contributed by atoms with Gasteiger partial charge in [-0.15, -0.1) is 0 Å². The van der Waals surface area contributed by atoms with Crippen molar-refractivity contribution in [2.75, 3.05) is 10.6 Å². The highest BCUT2D eigenvalue weighted by Gasteiger charge is 2.24. The van der Waals surface area contributed by atoms with Gasteiger partial charge in [-0.05, 0) is 31.9 Å². The molecule has 0 radical (unpaired) electrons. The van der Waals surface area contributed by atoms with E-state index in [0.717, 1.165) is 12.8 Å². The lowest BCUT2D eigenvalue weighted by Crippen LogP contribution is -2.18. The topological polar surface area (TPSA) is 66.9 Å². The second kappa shape index (κ2) is 5.88. The molecule has 1 aliphatic rings. The van der Waals surface area contributed by atoms with Crippen molar-refractivity contribution in [1.29, 1.82) is 0 Å². The number of carbonyl (C=O) groups is 1. The van der Waals surface area contributed by atoms with Crippen molar-refractivity contribution in [2.24, 2.45) is 0 Å². The summed E-state index contributed by atoms with van der Waals surface area (Å²) in [5.41, 5.74) is 0.680. The Morgan fingerprint density at radius 2 is 2.18 bits per heavy atom. The van der Waals surface area contributed by atoms with Crippen LogP contribution in [0.4, 0.5) is 15.8 Å². The molecule has 5 nitrogen and oxygen atoms in total. The number of para-hydroxylation sites is 1. The molecule has 1 amide bonds. The molecule has 1 aromatic carbocycles. The summed E-state index contributed by atoms with van der Waals surface area (Å²) < 4.78 is 14.1. The van der Waals surface area contributed by atoms with E-state index in [1.165, 1.54) is 12.3 Å². The SMILES string of the molecule is Cc1ncc(Cl)c(C(=O)Nc2c(F)cccc2NC2CC2)n1. The number of benzene rings is 1. The lowest BCUT2D eigenvalue weighted by Gasteiger charge is -2.13. The first-order valence-corrected chi connectivity index (χ1v) is 7.28. The largest absolute Gasteiger partial charge is 0.381 e. The minimum atomic E-state index is -0.570. The van der Waals surface area contributed by atoms with E-state index in [4.69, 9.17) is 11.6 Å². The summed E-state index contributed by atoms with van der Waals surface area (Å²) in [7, 11) is 0.